The number of likely N-dealkylation sites (N-methyl/N-ethyl adjacent to an activating group) is 1. The molecule has 5 nitrogen and oxygen atoms in total. The van der Waals surface area contributed by atoms with Gasteiger partial charge in [0.25, 0.3) is 0 Å². The van der Waals surface area contributed by atoms with E-state index in [4.69, 9.17) is 5.26 Å². The summed E-state index contributed by atoms with van der Waals surface area (Å²) in [4.78, 5) is 15.1. The lowest BCUT2D eigenvalue weighted by molar-refractivity contribution is -0.119. The molecule has 0 aliphatic rings. The number of hydrogen-bond acceptors (Lipinski definition) is 4. The van der Waals surface area contributed by atoms with E-state index in [0.29, 0.717) is 17.9 Å². The molecule has 0 aliphatic carbocycles. The fourth-order valence-electron chi connectivity index (χ4n) is 1.06. The normalized spacial score (nSPS) is 9.07. The topological polar surface area (TPSA) is 77.8 Å². The average Bonchev–Trinajstić information content (AvgIpc) is 2.27. The molecule has 0 saturated heterocycles. The molecule has 0 atom stereocenters. The smallest absolute Gasteiger partial charge is 0.239 e. The van der Waals surface area contributed by atoms with Gasteiger partial charge >= 0.3 is 0 Å². The number of anilines is 1. The number of aromatic nitrogens is 1. The van der Waals surface area contributed by atoms with Crippen LogP contribution in [0.25, 0.3) is 0 Å². The molecule has 2 N–H and O–H groups in total. The van der Waals surface area contributed by atoms with Gasteiger partial charge in [0.15, 0.2) is 0 Å². The molecule has 0 unspecified atom stereocenters. The molecule has 0 aromatic carbocycles. The molecule has 0 bridgehead atoms. The third-order valence-electron chi connectivity index (χ3n) is 1.72. The van der Waals surface area contributed by atoms with E-state index in [9.17, 15) is 4.79 Å². The maximum Gasteiger partial charge on any atom is 0.239 e. The Labute approximate surface area is 88.1 Å². The monoisotopic (exact) mass is 204 g/mol. The molecule has 0 fully saturated rings. The molecule has 1 heterocycles. The Kier molecular flexibility index (Phi) is 4.10. The van der Waals surface area contributed by atoms with Crippen LogP contribution in [0.2, 0.25) is 0 Å². The standard InChI is InChI=1S/C10H12N4O/c1-2-12-9(15)7-14-10-8(6-11)4-3-5-13-10/h3-5H,2,7H2,1H3,(H,12,15)(H,13,14). The molecule has 5 heteroatoms. The summed E-state index contributed by atoms with van der Waals surface area (Å²) >= 11 is 0. The quantitative estimate of drug-likeness (QED) is 0.748. The minimum Gasteiger partial charge on any atom is -0.360 e. The summed E-state index contributed by atoms with van der Waals surface area (Å²) in [6.45, 7) is 2.56. The summed E-state index contributed by atoms with van der Waals surface area (Å²) in [7, 11) is 0. The van der Waals surface area contributed by atoms with Crippen LogP contribution >= 0.6 is 0 Å². The maximum absolute atomic E-state index is 11.1. The van der Waals surface area contributed by atoms with Gasteiger partial charge in [-0.2, -0.15) is 5.26 Å². The Morgan fingerprint density at radius 3 is 3.13 bits per heavy atom. The highest BCUT2D eigenvalue weighted by atomic mass is 16.1. The van der Waals surface area contributed by atoms with E-state index < -0.39 is 0 Å². The second kappa shape index (κ2) is 5.60. The Bertz CT molecular complexity index is 383. The first-order valence-corrected chi connectivity index (χ1v) is 4.63. The van der Waals surface area contributed by atoms with Crippen LogP contribution in [0.5, 0.6) is 0 Å². The zero-order valence-corrected chi connectivity index (χ0v) is 8.45. The number of nitriles is 1. The fraction of sp³-hybridized carbons (Fsp3) is 0.300. The van der Waals surface area contributed by atoms with Crippen molar-refractivity contribution in [1.29, 1.82) is 5.26 Å². The summed E-state index contributed by atoms with van der Waals surface area (Å²) in [5.41, 5.74) is 0.432. The number of amides is 1. The van der Waals surface area contributed by atoms with Crippen molar-refractivity contribution in [1.82, 2.24) is 10.3 Å². The van der Waals surface area contributed by atoms with Crippen LogP contribution in [0, 0.1) is 11.3 Å². The van der Waals surface area contributed by atoms with Crippen molar-refractivity contribution in [3.63, 3.8) is 0 Å². The molecule has 1 aromatic rings. The minimum absolute atomic E-state index is 0.118. The third kappa shape index (κ3) is 3.27. The van der Waals surface area contributed by atoms with Gasteiger partial charge in [0.05, 0.1) is 12.1 Å². The van der Waals surface area contributed by atoms with Gasteiger partial charge < -0.3 is 10.6 Å². The first kappa shape index (κ1) is 11.0. The number of pyridine rings is 1. The first-order chi connectivity index (χ1) is 7.27. The number of carbonyl (C=O) groups is 1. The van der Waals surface area contributed by atoms with E-state index in [1.165, 1.54) is 0 Å². The van der Waals surface area contributed by atoms with E-state index in [2.05, 4.69) is 15.6 Å². The molecule has 0 aliphatic heterocycles. The number of carbonyl (C=O) groups excluding carboxylic acids is 1. The summed E-state index contributed by atoms with van der Waals surface area (Å²) < 4.78 is 0. The first-order valence-electron chi connectivity index (χ1n) is 4.63. The predicted molar refractivity (Wildman–Crippen MR) is 56.1 cm³/mol. The Morgan fingerprint density at radius 1 is 1.67 bits per heavy atom. The third-order valence-corrected chi connectivity index (χ3v) is 1.72. The summed E-state index contributed by atoms with van der Waals surface area (Å²) in [5.74, 6) is 0.318. The molecular weight excluding hydrogens is 192 g/mol. The van der Waals surface area contributed by atoms with Gasteiger partial charge in [-0.05, 0) is 19.1 Å². The number of rotatable bonds is 4. The van der Waals surface area contributed by atoms with Gasteiger partial charge in [0.2, 0.25) is 5.91 Å². The van der Waals surface area contributed by atoms with Crippen molar-refractivity contribution in [2.45, 2.75) is 6.92 Å². The van der Waals surface area contributed by atoms with E-state index in [-0.39, 0.29) is 12.5 Å². The largest absolute Gasteiger partial charge is 0.360 e. The van der Waals surface area contributed by atoms with Crippen LogP contribution in [0.15, 0.2) is 18.3 Å². The highest BCUT2D eigenvalue weighted by Crippen LogP contribution is 2.08. The van der Waals surface area contributed by atoms with Crippen molar-refractivity contribution < 1.29 is 4.79 Å². The molecule has 1 rings (SSSR count). The highest BCUT2D eigenvalue weighted by Gasteiger charge is 2.03. The van der Waals surface area contributed by atoms with Crippen LogP contribution in [0.3, 0.4) is 0 Å². The van der Waals surface area contributed by atoms with Crippen molar-refractivity contribution >= 4 is 11.7 Å². The number of hydrogen-bond donors (Lipinski definition) is 2. The summed E-state index contributed by atoms with van der Waals surface area (Å²) in [5, 5.41) is 14.2. The molecule has 15 heavy (non-hydrogen) atoms. The van der Waals surface area contributed by atoms with E-state index in [1.54, 1.807) is 18.3 Å². The highest BCUT2D eigenvalue weighted by molar-refractivity contribution is 5.80. The SMILES string of the molecule is CCNC(=O)CNc1ncccc1C#N. The van der Waals surface area contributed by atoms with E-state index in [0.717, 1.165) is 0 Å². The van der Waals surface area contributed by atoms with Crippen LogP contribution < -0.4 is 10.6 Å². The molecule has 1 aromatic heterocycles. The molecule has 0 spiro atoms. The van der Waals surface area contributed by atoms with Gasteiger partial charge in [0, 0.05) is 12.7 Å². The van der Waals surface area contributed by atoms with Crippen molar-refractivity contribution in [3.05, 3.63) is 23.9 Å². The van der Waals surface area contributed by atoms with Crippen LogP contribution in [-0.2, 0) is 4.79 Å². The molecule has 78 valence electrons. The van der Waals surface area contributed by atoms with Crippen LogP contribution in [0.4, 0.5) is 5.82 Å². The zero-order valence-electron chi connectivity index (χ0n) is 8.45. The fourth-order valence-corrected chi connectivity index (χ4v) is 1.06. The van der Waals surface area contributed by atoms with Crippen molar-refractivity contribution in [2.24, 2.45) is 0 Å². The second-order valence-electron chi connectivity index (χ2n) is 2.82. The zero-order chi connectivity index (χ0) is 11.1. The van der Waals surface area contributed by atoms with Gasteiger partial charge in [-0.3, -0.25) is 4.79 Å². The van der Waals surface area contributed by atoms with Crippen LogP contribution in [-0.4, -0.2) is 24.0 Å². The summed E-state index contributed by atoms with van der Waals surface area (Å²) in [6.07, 6.45) is 1.57. The lowest BCUT2D eigenvalue weighted by Gasteiger charge is -2.06. The summed E-state index contributed by atoms with van der Waals surface area (Å²) in [6, 6.07) is 5.32. The molecule has 0 radical (unpaired) electrons. The Hall–Kier alpha value is -2.09. The van der Waals surface area contributed by atoms with E-state index >= 15 is 0 Å². The minimum atomic E-state index is -0.118. The molecule has 0 saturated carbocycles. The maximum atomic E-state index is 11.1. The lowest BCUT2D eigenvalue weighted by atomic mass is 10.3. The number of nitrogens with one attached hydrogen (secondary N) is 2. The van der Waals surface area contributed by atoms with Crippen molar-refractivity contribution in [3.8, 4) is 6.07 Å². The van der Waals surface area contributed by atoms with Gasteiger partial charge in [0.1, 0.15) is 11.9 Å². The Morgan fingerprint density at radius 2 is 2.47 bits per heavy atom. The number of nitrogens with zero attached hydrogens (tertiary/aromatic N) is 2. The van der Waals surface area contributed by atoms with Crippen molar-refractivity contribution in [2.75, 3.05) is 18.4 Å². The van der Waals surface area contributed by atoms with Gasteiger partial charge in [-0.15, -0.1) is 0 Å². The van der Waals surface area contributed by atoms with Gasteiger partial charge in [-0.25, -0.2) is 4.98 Å². The van der Waals surface area contributed by atoms with E-state index in [1.807, 2.05) is 13.0 Å². The Balaban J connectivity index is 2.58. The van der Waals surface area contributed by atoms with Crippen LogP contribution in [0.1, 0.15) is 12.5 Å². The molecular formula is C10H12N4O. The van der Waals surface area contributed by atoms with Gasteiger partial charge in [-0.1, -0.05) is 0 Å². The average molecular weight is 204 g/mol. The lowest BCUT2D eigenvalue weighted by Crippen LogP contribution is -2.29. The molecule has 1 amide bonds. The second-order valence-corrected chi connectivity index (χ2v) is 2.82. The predicted octanol–water partition coefficient (Wildman–Crippen LogP) is 0.501.